The quantitative estimate of drug-likeness (QED) is 0.258. The molecule has 3 aromatic carbocycles. The minimum atomic E-state index is -0.758. The van der Waals surface area contributed by atoms with E-state index in [0.29, 0.717) is 23.6 Å². The number of aliphatic hydroxyl groups excluding tert-OH is 1. The third-order valence-corrected chi connectivity index (χ3v) is 6.55. The molecule has 168 valence electrons. The SMILES string of the molecule is CCOc1ccc(N2C(=O)C(=O)/C(=C(\O)c3ccc(Br)c(C)c3)C2c2cccc(C)c2)cc1. The van der Waals surface area contributed by atoms with Crippen molar-refractivity contribution in [3.8, 4) is 5.75 Å². The van der Waals surface area contributed by atoms with E-state index in [2.05, 4.69) is 15.9 Å². The van der Waals surface area contributed by atoms with Crippen molar-refractivity contribution >= 4 is 39.1 Å². The first-order valence-electron chi connectivity index (χ1n) is 10.7. The third-order valence-electron chi connectivity index (χ3n) is 5.66. The van der Waals surface area contributed by atoms with Crippen LogP contribution in [-0.2, 0) is 9.59 Å². The fraction of sp³-hybridized carbons (Fsp3) is 0.185. The maximum Gasteiger partial charge on any atom is 0.300 e. The third kappa shape index (κ3) is 4.31. The number of ketones is 1. The standard InChI is InChI=1S/C27H24BrNO4/c1-4-33-21-11-9-20(10-12-21)29-24(18-7-5-6-16(2)14-18)23(26(31)27(29)32)25(30)19-8-13-22(28)17(3)15-19/h5-15,24,30H,4H2,1-3H3/b25-23-. The van der Waals surface area contributed by atoms with Gasteiger partial charge in [-0.25, -0.2) is 0 Å². The highest BCUT2D eigenvalue weighted by atomic mass is 79.9. The Hall–Kier alpha value is -3.38. The molecule has 0 bridgehead atoms. The summed E-state index contributed by atoms with van der Waals surface area (Å²) in [6, 6.07) is 19.2. The molecule has 0 aliphatic carbocycles. The molecule has 1 amide bonds. The van der Waals surface area contributed by atoms with E-state index in [1.807, 2.05) is 51.1 Å². The average Bonchev–Trinajstić information content (AvgIpc) is 3.06. The molecule has 1 aliphatic rings. The first-order valence-corrected chi connectivity index (χ1v) is 11.5. The van der Waals surface area contributed by atoms with Crippen molar-refractivity contribution in [1.82, 2.24) is 0 Å². The van der Waals surface area contributed by atoms with Crippen molar-refractivity contribution < 1.29 is 19.4 Å². The zero-order valence-corrected chi connectivity index (χ0v) is 20.2. The molecule has 1 unspecified atom stereocenters. The van der Waals surface area contributed by atoms with E-state index in [-0.39, 0.29) is 11.3 Å². The molecule has 1 heterocycles. The Morgan fingerprint density at radius 2 is 1.76 bits per heavy atom. The summed E-state index contributed by atoms with van der Waals surface area (Å²) in [6.07, 6.45) is 0. The molecule has 0 spiro atoms. The zero-order chi connectivity index (χ0) is 23.7. The van der Waals surface area contributed by atoms with Crippen LogP contribution in [-0.4, -0.2) is 23.4 Å². The smallest absolute Gasteiger partial charge is 0.300 e. The molecule has 3 aromatic rings. The fourth-order valence-corrected chi connectivity index (χ4v) is 4.32. The minimum Gasteiger partial charge on any atom is -0.507 e. The average molecular weight is 506 g/mol. The maximum absolute atomic E-state index is 13.3. The van der Waals surface area contributed by atoms with Crippen LogP contribution in [0.5, 0.6) is 5.75 Å². The monoisotopic (exact) mass is 505 g/mol. The highest BCUT2D eigenvalue weighted by molar-refractivity contribution is 9.10. The Kier molecular flexibility index (Phi) is 6.38. The minimum absolute atomic E-state index is 0.0706. The second-order valence-corrected chi connectivity index (χ2v) is 8.83. The van der Waals surface area contributed by atoms with Gasteiger partial charge in [0.25, 0.3) is 11.7 Å². The molecule has 1 aliphatic heterocycles. The number of benzene rings is 3. The summed E-state index contributed by atoms with van der Waals surface area (Å²) in [4.78, 5) is 27.9. The predicted molar refractivity (Wildman–Crippen MR) is 132 cm³/mol. The van der Waals surface area contributed by atoms with Gasteiger partial charge in [0.2, 0.25) is 0 Å². The van der Waals surface area contributed by atoms with Crippen molar-refractivity contribution in [3.05, 3.63) is 99.0 Å². The van der Waals surface area contributed by atoms with E-state index in [4.69, 9.17) is 4.74 Å². The summed E-state index contributed by atoms with van der Waals surface area (Å²) in [6.45, 7) is 6.27. The summed E-state index contributed by atoms with van der Waals surface area (Å²) in [5.74, 6) is -0.909. The maximum atomic E-state index is 13.3. The van der Waals surface area contributed by atoms with E-state index in [0.717, 1.165) is 21.2 Å². The highest BCUT2D eigenvalue weighted by Crippen LogP contribution is 2.42. The molecule has 4 rings (SSSR count). The summed E-state index contributed by atoms with van der Waals surface area (Å²) >= 11 is 3.46. The summed E-state index contributed by atoms with van der Waals surface area (Å²) < 4.78 is 6.41. The van der Waals surface area contributed by atoms with E-state index in [1.54, 1.807) is 36.4 Å². The van der Waals surface area contributed by atoms with E-state index < -0.39 is 17.7 Å². The number of hydrogen-bond acceptors (Lipinski definition) is 4. The van der Waals surface area contributed by atoms with Crippen molar-refractivity contribution in [1.29, 1.82) is 0 Å². The van der Waals surface area contributed by atoms with Gasteiger partial charge in [-0.05, 0) is 68.3 Å². The molecule has 1 atom stereocenters. The number of nitrogens with zero attached hydrogens (tertiary/aromatic N) is 1. The van der Waals surface area contributed by atoms with Crippen LogP contribution in [0.4, 0.5) is 5.69 Å². The van der Waals surface area contributed by atoms with Crippen molar-refractivity contribution in [2.24, 2.45) is 0 Å². The first kappa shape index (κ1) is 22.8. The van der Waals surface area contributed by atoms with Crippen molar-refractivity contribution in [2.75, 3.05) is 11.5 Å². The molecule has 6 heteroatoms. The van der Waals surface area contributed by atoms with E-state index in [9.17, 15) is 14.7 Å². The topological polar surface area (TPSA) is 66.8 Å². The lowest BCUT2D eigenvalue weighted by atomic mass is 9.94. The largest absolute Gasteiger partial charge is 0.507 e. The first-order chi connectivity index (χ1) is 15.8. The molecule has 0 radical (unpaired) electrons. The summed E-state index contributed by atoms with van der Waals surface area (Å²) in [5, 5.41) is 11.2. The molecule has 1 fully saturated rings. The van der Waals surface area contributed by atoms with Gasteiger partial charge in [-0.2, -0.15) is 0 Å². The van der Waals surface area contributed by atoms with Crippen LogP contribution in [0.3, 0.4) is 0 Å². The number of rotatable bonds is 5. The van der Waals surface area contributed by atoms with Gasteiger partial charge in [0.05, 0.1) is 18.2 Å². The number of anilines is 1. The lowest BCUT2D eigenvalue weighted by molar-refractivity contribution is -0.132. The van der Waals surface area contributed by atoms with Gasteiger partial charge >= 0.3 is 0 Å². The van der Waals surface area contributed by atoms with Crippen LogP contribution in [0, 0.1) is 13.8 Å². The predicted octanol–water partition coefficient (Wildman–Crippen LogP) is 6.09. The number of halogens is 1. The van der Waals surface area contributed by atoms with Crippen LogP contribution in [0.2, 0.25) is 0 Å². The van der Waals surface area contributed by atoms with Gasteiger partial charge in [0.15, 0.2) is 0 Å². The molecule has 1 saturated heterocycles. The Morgan fingerprint density at radius 1 is 1.03 bits per heavy atom. The van der Waals surface area contributed by atoms with Crippen molar-refractivity contribution in [3.63, 3.8) is 0 Å². The number of ether oxygens (including phenoxy) is 1. The second kappa shape index (κ2) is 9.24. The molecular formula is C27H24BrNO4. The van der Waals surface area contributed by atoms with Gasteiger partial charge in [-0.1, -0.05) is 51.8 Å². The Labute approximate surface area is 201 Å². The number of Topliss-reactive ketones (excluding diaryl/α,β-unsaturated/α-hetero) is 1. The lowest BCUT2D eigenvalue weighted by Crippen LogP contribution is -2.29. The number of amides is 1. The van der Waals surface area contributed by atoms with Gasteiger partial charge in [-0.15, -0.1) is 0 Å². The normalized spacial score (nSPS) is 17.5. The Morgan fingerprint density at radius 3 is 2.39 bits per heavy atom. The second-order valence-electron chi connectivity index (χ2n) is 7.97. The molecule has 1 N–H and O–H groups in total. The van der Waals surface area contributed by atoms with Crippen LogP contribution >= 0.6 is 15.9 Å². The molecule has 5 nitrogen and oxygen atoms in total. The zero-order valence-electron chi connectivity index (χ0n) is 18.6. The Bertz CT molecular complexity index is 1260. The van der Waals surface area contributed by atoms with Crippen LogP contribution in [0.25, 0.3) is 5.76 Å². The highest BCUT2D eigenvalue weighted by Gasteiger charge is 2.47. The van der Waals surface area contributed by atoms with Gasteiger partial charge in [0.1, 0.15) is 11.5 Å². The van der Waals surface area contributed by atoms with Crippen LogP contribution in [0.15, 0.2) is 76.8 Å². The van der Waals surface area contributed by atoms with Gasteiger partial charge in [0, 0.05) is 15.7 Å². The Balaban J connectivity index is 1.91. The molecule has 33 heavy (non-hydrogen) atoms. The van der Waals surface area contributed by atoms with Gasteiger partial charge in [-0.3, -0.25) is 14.5 Å². The van der Waals surface area contributed by atoms with Gasteiger partial charge < -0.3 is 9.84 Å². The number of hydrogen-bond donors (Lipinski definition) is 1. The molecule has 0 saturated carbocycles. The number of carbonyl (C=O) groups excluding carboxylic acids is 2. The lowest BCUT2D eigenvalue weighted by Gasteiger charge is -2.26. The van der Waals surface area contributed by atoms with E-state index >= 15 is 0 Å². The van der Waals surface area contributed by atoms with Crippen molar-refractivity contribution in [2.45, 2.75) is 26.8 Å². The molecule has 0 aromatic heterocycles. The van der Waals surface area contributed by atoms with Crippen LogP contribution < -0.4 is 9.64 Å². The summed E-state index contributed by atoms with van der Waals surface area (Å²) in [7, 11) is 0. The fourth-order valence-electron chi connectivity index (χ4n) is 4.07. The number of carbonyl (C=O) groups is 2. The molecular weight excluding hydrogens is 482 g/mol. The summed E-state index contributed by atoms with van der Waals surface area (Å²) in [5.41, 5.74) is 3.76. The van der Waals surface area contributed by atoms with Crippen LogP contribution in [0.1, 0.15) is 35.2 Å². The number of aliphatic hydroxyl groups is 1. The van der Waals surface area contributed by atoms with E-state index in [1.165, 1.54) is 4.90 Å². The number of aryl methyl sites for hydroxylation is 2.